The standard InChI is InChI=1S/C25H24N4/c1-18-8-2-3-9-19(18)16-29-17-20(21-10-4-7-13-24(21)29)14-26-15-25-27-22-11-5-6-12-23(22)28-25/h2-13,17,26H,14-16H2,1H3,(H,27,28). The Balaban J connectivity index is 1.36. The first-order chi connectivity index (χ1) is 14.3. The fraction of sp³-hybridized carbons (Fsp3) is 0.160. The van der Waals surface area contributed by atoms with E-state index in [0.29, 0.717) is 6.54 Å². The Morgan fingerprint density at radius 1 is 0.862 bits per heavy atom. The van der Waals surface area contributed by atoms with Gasteiger partial charge < -0.3 is 14.9 Å². The van der Waals surface area contributed by atoms with Crippen LogP contribution in [-0.4, -0.2) is 14.5 Å². The number of hydrogen-bond donors (Lipinski definition) is 2. The lowest BCUT2D eigenvalue weighted by atomic mass is 10.1. The molecule has 0 unspecified atom stereocenters. The Morgan fingerprint density at radius 2 is 1.66 bits per heavy atom. The highest BCUT2D eigenvalue weighted by molar-refractivity contribution is 5.84. The Bertz CT molecular complexity index is 1250. The van der Waals surface area contributed by atoms with Crippen molar-refractivity contribution < 1.29 is 0 Å². The molecule has 4 nitrogen and oxygen atoms in total. The molecule has 2 heterocycles. The minimum absolute atomic E-state index is 0.714. The Kier molecular flexibility index (Phi) is 4.62. The first kappa shape index (κ1) is 17.7. The third-order valence-corrected chi connectivity index (χ3v) is 5.52. The van der Waals surface area contributed by atoms with Gasteiger partial charge in [-0.05, 0) is 41.8 Å². The third-order valence-electron chi connectivity index (χ3n) is 5.52. The highest BCUT2D eigenvalue weighted by atomic mass is 15.0. The van der Waals surface area contributed by atoms with Crippen LogP contribution in [0.1, 0.15) is 22.5 Å². The van der Waals surface area contributed by atoms with Gasteiger partial charge in [0.05, 0.1) is 17.6 Å². The second-order valence-electron chi connectivity index (χ2n) is 7.53. The Hall–Kier alpha value is -3.37. The van der Waals surface area contributed by atoms with Gasteiger partial charge in [-0.3, -0.25) is 0 Å². The number of H-pyrrole nitrogens is 1. The number of rotatable bonds is 6. The van der Waals surface area contributed by atoms with E-state index in [-0.39, 0.29) is 0 Å². The molecule has 0 spiro atoms. The topological polar surface area (TPSA) is 45.6 Å². The molecule has 5 rings (SSSR count). The number of imidazole rings is 1. The zero-order chi connectivity index (χ0) is 19.6. The van der Waals surface area contributed by atoms with E-state index in [1.54, 1.807) is 0 Å². The number of hydrogen-bond acceptors (Lipinski definition) is 2. The molecule has 0 saturated heterocycles. The number of nitrogens with zero attached hydrogens (tertiary/aromatic N) is 2. The van der Waals surface area contributed by atoms with Crippen LogP contribution in [0.15, 0.2) is 79.0 Å². The minimum Gasteiger partial charge on any atom is -0.343 e. The van der Waals surface area contributed by atoms with Crippen LogP contribution < -0.4 is 5.32 Å². The lowest BCUT2D eigenvalue weighted by Crippen LogP contribution is -2.13. The van der Waals surface area contributed by atoms with Crippen molar-refractivity contribution in [3.8, 4) is 0 Å². The molecule has 0 amide bonds. The molecule has 2 N–H and O–H groups in total. The summed E-state index contributed by atoms with van der Waals surface area (Å²) in [6.45, 7) is 4.58. The second-order valence-corrected chi connectivity index (χ2v) is 7.53. The maximum atomic E-state index is 4.65. The fourth-order valence-electron chi connectivity index (χ4n) is 3.97. The monoisotopic (exact) mass is 380 g/mol. The summed E-state index contributed by atoms with van der Waals surface area (Å²) in [6.07, 6.45) is 2.28. The van der Waals surface area contributed by atoms with Crippen molar-refractivity contribution in [2.45, 2.75) is 26.6 Å². The van der Waals surface area contributed by atoms with Crippen molar-refractivity contribution in [1.82, 2.24) is 19.9 Å². The van der Waals surface area contributed by atoms with Crippen LogP contribution in [0, 0.1) is 6.92 Å². The number of para-hydroxylation sites is 3. The van der Waals surface area contributed by atoms with Crippen LogP contribution >= 0.6 is 0 Å². The first-order valence-electron chi connectivity index (χ1n) is 10.0. The Morgan fingerprint density at radius 3 is 2.55 bits per heavy atom. The first-order valence-corrected chi connectivity index (χ1v) is 10.0. The van der Waals surface area contributed by atoms with E-state index in [0.717, 1.165) is 29.9 Å². The molecule has 0 aliphatic carbocycles. The van der Waals surface area contributed by atoms with Crippen LogP contribution in [0.25, 0.3) is 21.9 Å². The average Bonchev–Trinajstić information content (AvgIpc) is 3.31. The van der Waals surface area contributed by atoms with E-state index in [1.165, 1.54) is 27.6 Å². The van der Waals surface area contributed by atoms with Gasteiger partial charge in [-0.15, -0.1) is 0 Å². The quantitative estimate of drug-likeness (QED) is 0.427. The summed E-state index contributed by atoms with van der Waals surface area (Å²) in [7, 11) is 0. The summed E-state index contributed by atoms with van der Waals surface area (Å²) in [6, 6.07) is 25.4. The molecule has 0 aliphatic heterocycles. The van der Waals surface area contributed by atoms with Crippen LogP contribution in [0.2, 0.25) is 0 Å². The summed E-state index contributed by atoms with van der Waals surface area (Å²) < 4.78 is 2.36. The van der Waals surface area contributed by atoms with Gasteiger partial charge in [0.1, 0.15) is 5.82 Å². The molecule has 0 saturated carbocycles. The van der Waals surface area contributed by atoms with Crippen LogP contribution in [0.4, 0.5) is 0 Å². The van der Waals surface area contributed by atoms with Crippen molar-refractivity contribution in [2.24, 2.45) is 0 Å². The molecule has 144 valence electrons. The summed E-state index contributed by atoms with van der Waals surface area (Å²) in [5, 5.41) is 4.86. The number of benzene rings is 3. The lowest BCUT2D eigenvalue weighted by molar-refractivity contribution is 0.670. The fourth-order valence-corrected chi connectivity index (χ4v) is 3.97. The smallest absolute Gasteiger partial charge is 0.121 e. The van der Waals surface area contributed by atoms with Gasteiger partial charge in [0.25, 0.3) is 0 Å². The second kappa shape index (κ2) is 7.57. The maximum absolute atomic E-state index is 4.65. The molecular weight excluding hydrogens is 356 g/mol. The molecular formula is C25H24N4. The number of aromatic nitrogens is 3. The van der Waals surface area contributed by atoms with Gasteiger partial charge in [0, 0.05) is 30.2 Å². The number of aromatic amines is 1. The van der Waals surface area contributed by atoms with E-state index < -0.39 is 0 Å². The van der Waals surface area contributed by atoms with Crippen molar-refractivity contribution in [1.29, 1.82) is 0 Å². The van der Waals surface area contributed by atoms with E-state index in [1.807, 2.05) is 18.2 Å². The number of aryl methyl sites for hydroxylation is 1. The van der Waals surface area contributed by atoms with Gasteiger partial charge in [0.15, 0.2) is 0 Å². The van der Waals surface area contributed by atoms with E-state index in [2.05, 4.69) is 87.6 Å². The molecule has 0 radical (unpaired) electrons. The SMILES string of the molecule is Cc1ccccc1Cn1cc(CNCc2nc3ccccc3[nH]2)c2ccccc21. The van der Waals surface area contributed by atoms with Crippen molar-refractivity contribution in [3.63, 3.8) is 0 Å². The van der Waals surface area contributed by atoms with Gasteiger partial charge in [-0.2, -0.15) is 0 Å². The lowest BCUT2D eigenvalue weighted by Gasteiger charge is -2.08. The molecule has 5 aromatic rings. The van der Waals surface area contributed by atoms with E-state index in [9.17, 15) is 0 Å². The summed E-state index contributed by atoms with van der Waals surface area (Å²) in [4.78, 5) is 8.04. The third kappa shape index (κ3) is 3.55. The predicted octanol–water partition coefficient (Wildman–Crippen LogP) is 5.16. The summed E-state index contributed by atoms with van der Waals surface area (Å²) in [5.41, 5.74) is 7.37. The molecule has 0 aliphatic rings. The molecule has 0 fully saturated rings. The van der Waals surface area contributed by atoms with Gasteiger partial charge in [0.2, 0.25) is 0 Å². The molecule has 0 bridgehead atoms. The van der Waals surface area contributed by atoms with Crippen molar-refractivity contribution in [2.75, 3.05) is 0 Å². The highest BCUT2D eigenvalue weighted by Gasteiger charge is 2.10. The molecule has 3 aromatic carbocycles. The van der Waals surface area contributed by atoms with Gasteiger partial charge in [-0.25, -0.2) is 4.98 Å². The molecule has 0 atom stereocenters. The van der Waals surface area contributed by atoms with Crippen LogP contribution in [0.5, 0.6) is 0 Å². The number of fused-ring (bicyclic) bond motifs is 2. The van der Waals surface area contributed by atoms with Crippen molar-refractivity contribution in [3.05, 3.63) is 102 Å². The zero-order valence-electron chi connectivity index (χ0n) is 16.5. The van der Waals surface area contributed by atoms with Gasteiger partial charge in [-0.1, -0.05) is 54.6 Å². The Labute approximate surface area is 170 Å². The minimum atomic E-state index is 0.714. The van der Waals surface area contributed by atoms with Gasteiger partial charge >= 0.3 is 0 Å². The van der Waals surface area contributed by atoms with E-state index in [4.69, 9.17) is 0 Å². The predicted molar refractivity (Wildman–Crippen MR) is 119 cm³/mol. The summed E-state index contributed by atoms with van der Waals surface area (Å²) in [5.74, 6) is 0.967. The van der Waals surface area contributed by atoms with E-state index >= 15 is 0 Å². The maximum Gasteiger partial charge on any atom is 0.121 e. The zero-order valence-corrected chi connectivity index (χ0v) is 16.5. The summed E-state index contributed by atoms with van der Waals surface area (Å²) >= 11 is 0. The number of nitrogens with one attached hydrogen (secondary N) is 2. The highest BCUT2D eigenvalue weighted by Crippen LogP contribution is 2.23. The normalized spacial score (nSPS) is 11.5. The molecule has 4 heteroatoms. The largest absolute Gasteiger partial charge is 0.343 e. The molecule has 2 aromatic heterocycles. The van der Waals surface area contributed by atoms with Crippen LogP contribution in [0.3, 0.4) is 0 Å². The average molecular weight is 380 g/mol. The van der Waals surface area contributed by atoms with Crippen LogP contribution in [-0.2, 0) is 19.6 Å². The van der Waals surface area contributed by atoms with Crippen molar-refractivity contribution >= 4 is 21.9 Å². The molecule has 29 heavy (non-hydrogen) atoms.